The molecular weight excluding hydrogens is 256 g/mol. The van der Waals surface area contributed by atoms with Gasteiger partial charge in [0, 0.05) is 25.8 Å². The molecule has 0 saturated carbocycles. The Morgan fingerprint density at radius 3 is 2.80 bits per heavy atom. The Morgan fingerprint density at radius 1 is 1.40 bits per heavy atom. The fraction of sp³-hybridized carbons (Fsp3) is 0.538. The first kappa shape index (κ1) is 12.8. The lowest BCUT2D eigenvalue weighted by Crippen LogP contribution is -2.39. The highest BCUT2D eigenvalue weighted by atomic mass is 16.2. The minimum absolute atomic E-state index is 0.0351. The van der Waals surface area contributed by atoms with Gasteiger partial charge in [0.15, 0.2) is 5.69 Å². The van der Waals surface area contributed by atoms with E-state index in [1.807, 2.05) is 22.7 Å². The minimum Gasteiger partial charge on any atom is -0.337 e. The van der Waals surface area contributed by atoms with Crippen LogP contribution in [0.25, 0.3) is 0 Å². The zero-order valence-electron chi connectivity index (χ0n) is 11.5. The van der Waals surface area contributed by atoms with Gasteiger partial charge in [-0.1, -0.05) is 0 Å². The summed E-state index contributed by atoms with van der Waals surface area (Å²) in [5, 5.41) is 14.3. The molecule has 106 valence electrons. The smallest absolute Gasteiger partial charge is 0.276 e. The molecule has 1 fully saturated rings. The van der Waals surface area contributed by atoms with Crippen LogP contribution in [0.3, 0.4) is 0 Å². The van der Waals surface area contributed by atoms with Crippen molar-refractivity contribution >= 4 is 5.91 Å². The van der Waals surface area contributed by atoms with Crippen LogP contribution < -0.4 is 0 Å². The average molecular weight is 274 g/mol. The number of carbonyl (C=O) groups is 1. The molecule has 1 aliphatic heterocycles. The van der Waals surface area contributed by atoms with Gasteiger partial charge >= 0.3 is 0 Å². The number of nitrogens with one attached hydrogen (secondary N) is 1. The maximum absolute atomic E-state index is 12.1. The van der Waals surface area contributed by atoms with Crippen LogP contribution in [0.1, 0.15) is 28.9 Å². The summed E-state index contributed by atoms with van der Waals surface area (Å²) in [5.74, 6) is 0.544. The first-order valence-corrected chi connectivity index (χ1v) is 6.86. The Labute approximate surface area is 117 Å². The van der Waals surface area contributed by atoms with Gasteiger partial charge in [-0.15, -0.1) is 0 Å². The predicted octanol–water partition coefficient (Wildman–Crippen LogP) is 0.862. The van der Waals surface area contributed by atoms with Crippen molar-refractivity contribution in [3.8, 4) is 0 Å². The van der Waals surface area contributed by atoms with Gasteiger partial charge < -0.3 is 4.90 Å². The van der Waals surface area contributed by atoms with Gasteiger partial charge in [0.25, 0.3) is 5.91 Å². The van der Waals surface area contributed by atoms with Crippen molar-refractivity contribution in [1.82, 2.24) is 30.1 Å². The second kappa shape index (κ2) is 5.44. The van der Waals surface area contributed by atoms with Crippen LogP contribution >= 0.6 is 0 Å². The molecule has 2 aromatic rings. The van der Waals surface area contributed by atoms with Gasteiger partial charge in [0.2, 0.25) is 0 Å². The molecule has 1 N–H and O–H groups in total. The largest absolute Gasteiger partial charge is 0.337 e. The van der Waals surface area contributed by atoms with E-state index in [0.717, 1.165) is 32.5 Å². The van der Waals surface area contributed by atoms with Gasteiger partial charge in [-0.05, 0) is 31.2 Å². The van der Waals surface area contributed by atoms with Crippen molar-refractivity contribution in [3.63, 3.8) is 0 Å². The van der Waals surface area contributed by atoms with E-state index in [-0.39, 0.29) is 5.91 Å². The van der Waals surface area contributed by atoms with E-state index in [9.17, 15) is 4.79 Å². The van der Waals surface area contributed by atoms with Crippen LogP contribution in [0.15, 0.2) is 18.6 Å². The zero-order valence-corrected chi connectivity index (χ0v) is 11.5. The lowest BCUT2D eigenvalue weighted by Gasteiger charge is -2.31. The topological polar surface area (TPSA) is 79.7 Å². The van der Waals surface area contributed by atoms with E-state index in [4.69, 9.17) is 0 Å². The molecule has 7 nitrogen and oxygen atoms in total. The van der Waals surface area contributed by atoms with Crippen LogP contribution in [0.5, 0.6) is 0 Å². The van der Waals surface area contributed by atoms with Crippen LogP contribution in [0.2, 0.25) is 0 Å². The summed E-state index contributed by atoms with van der Waals surface area (Å²) < 4.78 is 2.00. The maximum Gasteiger partial charge on any atom is 0.276 e. The number of H-pyrrole nitrogens is 1. The van der Waals surface area contributed by atoms with Crippen molar-refractivity contribution in [2.75, 3.05) is 13.1 Å². The summed E-state index contributed by atoms with van der Waals surface area (Å²) in [7, 11) is 0. The molecule has 0 bridgehead atoms. The number of rotatable bonds is 3. The van der Waals surface area contributed by atoms with E-state index >= 15 is 0 Å². The molecular formula is C13H18N6O. The molecule has 0 aromatic carbocycles. The number of aryl methyl sites for hydroxylation is 1. The number of hydrogen-bond donors (Lipinski definition) is 1. The second-order valence-electron chi connectivity index (χ2n) is 5.33. The Balaban J connectivity index is 1.53. The highest BCUT2D eigenvalue weighted by Gasteiger charge is 2.25. The molecule has 0 spiro atoms. The van der Waals surface area contributed by atoms with Gasteiger partial charge in [-0.2, -0.15) is 20.5 Å². The van der Waals surface area contributed by atoms with Gasteiger partial charge in [0.1, 0.15) is 0 Å². The molecule has 20 heavy (non-hydrogen) atoms. The lowest BCUT2D eigenvalue weighted by molar-refractivity contribution is 0.0675. The zero-order chi connectivity index (χ0) is 13.9. The van der Waals surface area contributed by atoms with Gasteiger partial charge in [-0.25, -0.2) is 0 Å². The Morgan fingerprint density at radius 2 is 2.20 bits per heavy atom. The molecule has 0 aliphatic carbocycles. The normalized spacial score (nSPS) is 16.6. The SMILES string of the molecule is Cc1cnn(CC2CCN(C(=O)c3cn[nH]n3)CC2)c1. The molecule has 1 aliphatic rings. The first-order valence-electron chi connectivity index (χ1n) is 6.86. The van der Waals surface area contributed by atoms with E-state index in [0.29, 0.717) is 11.6 Å². The van der Waals surface area contributed by atoms with E-state index in [2.05, 4.69) is 26.7 Å². The second-order valence-corrected chi connectivity index (χ2v) is 5.33. The van der Waals surface area contributed by atoms with E-state index < -0.39 is 0 Å². The molecule has 1 saturated heterocycles. The number of likely N-dealkylation sites (tertiary alicyclic amines) is 1. The molecule has 3 heterocycles. The Hall–Kier alpha value is -2.18. The van der Waals surface area contributed by atoms with Crippen molar-refractivity contribution in [2.24, 2.45) is 5.92 Å². The van der Waals surface area contributed by atoms with Crippen molar-refractivity contribution in [1.29, 1.82) is 0 Å². The number of carbonyl (C=O) groups excluding carboxylic acids is 1. The van der Waals surface area contributed by atoms with E-state index in [1.165, 1.54) is 11.8 Å². The molecule has 0 unspecified atom stereocenters. The molecule has 0 radical (unpaired) electrons. The highest BCUT2D eigenvalue weighted by molar-refractivity contribution is 5.91. The summed E-state index contributed by atoms with van der Waals surface area (Å²) in [6.45, 7) is 4.52. The standard InChI is InChI=1S/C13H18N6O/c1-10-6-15-19(8-10)9-11-2-4-18(5-3-11)13(20)12-7-14-17-16-12/h6-8,11H,2-5,9H2,1H3,(H,14,16,17). The molecule has 1 amide bonds. The minimum atomic E-state index is -0.0351. The third-order valence-electron chi connectivity index (χ3n) is 3.74. The number of piperidine rings is 1. The first-order chi connectivity index (χ1) is 9.72. The number of aromatic nitrogens is 5. The number of hydrogen-bond acceptors (Lipinski definition) is 4. The van der Waals surface area contributed by atoms with Crippen LogP contribution in [0, 0.1) is 12.8 Å². The van der Waals surface area contributed by atoms with Crippen molar-refractivity contribution < 1.29 is 4.79 Å². The fourth-order valence-electron chi connectivity index (χ4n) is 2.62. The Kier molecular flexibility index (Phi) is 3.49. The number of nitrogens with zero attached hydrogens (tertiary/aromatic N) is 5. The quantitative estimate of drug-likeness (QED) is 0.900. The molecule has 3 rings (SSSR count). The van der Waals surface area contributed by atoms with Gasteiger partial charge in [0.05, 0.1) is 12.4 Å². The summed E-state index contributed by atoms with van der Waals surface area (Å²) in [4.78, 5) is 14.0. The maximum atomic E-state index is 12.1. The van der Waals surface area contributed by atoms with Crippen molar-refractivity contribution in [3.05, 3.63) is 29.8 Å². The highest BCUT2D eigenvalue weighted by Crippen LogP contribution is 2.20. The van der Waals surface area contributed by atoms with Crippen LogP contribution in [-0.4, -0.2) is 49.1 Å². The average Bonchev–Trinajstić information content (AvgIpc) is 3.11. The molecule has 7 heteroatoms. The number of aromatic amines is 1. The summed E-state index contributed by atoms with van der Waals surface area (Å²) in [6, 6.07) is 0. The lowest BCUT2D eigenvalue weighted by atomic mass is 9.96. The molecule has 0 atom stereocenters. The summed E-state index contributed by atoms with van der Waals surface area (Å²) in [5.41, 5.74) is 1.58. The van der Waals surface area contributed by atoms with Crippen LogP contribution in [-0.2, 0) is 6.54 Å². The summed E-state index contributed by atoms with van der Waals surface area (Å²) >= 11 is 0. The molecule has 2 aromatic heterocycles. The summed E-state index contributed by atoms with van der Waals surface area (Å²) in [6.07, 6.45) is 7.42. The van der Waals surface area contributed by atoms with E-state index in [1.54, 1.807) is 0 Å². The third kappa shape index (κ3) is 2.71. The predicted molar refractivity (Wildman–Crippen MR) is 72.0 cm³/mol. The fourth-order valence-corrected chi connectivity index (χ4v) is 2.62. The number of amides is 1. The monoisotopic (exact) mass is 274 g/mol. The third-order valence-corrected chi connectivity index (χ3v) is 3.74. The Bertz CT molecular complexity index is 567. The van der Waals surface area contributed by atoms with Crippen molar-refractivity contribution in [2.45, 2.75) is 26.3 Å². The van der Waals surface area contributed by atoms with Gasteiger partial charge in [-0.3, -0.25) is 9.48 Å². The van der Waals surface area contributed by atoms with Crippen LogP contribution in [0.4, 0.5) is 0 Å².